The van der Waals surface area contributed by atoms with E-state index in [0.717, 1.165) is 16.5 Å². The minimum Gasteiger partial charge on any atom is -0.325 e. The number of aromatic nitrogens is 2. The molecular formula is C13H12N4OS2. The van der Waals surface area contributed by atoms with Crippen LogP contribution < -0.4 is 5.32 Å². The molecule has 0 spiro atoms. The second-order valence-electron chi connectivity index (χ2n) is 3.86. The Hall–Kier alpha value is -1.91. The molecular weight excluding hydrogens is 292 g/mol. The van der Waals surface area contributed by atoms with Gasteiger partial charge in [-0.05, 0) is 18.6 Å². The van der Waals surface area contributed by atoms with Crippen molar-refractivity contribution in [1.82, 2.24) is 10.2 Å². The van der Waals surface area contributed by atoms with Gasteiger partial charge in [0.25, 0.3) is 0 Å². The van der Waals surface area contributed by atoms with Gasteiger partial charge in [0, 0.05) is 12.2 Å². The molecule has 1 amide bonds. The number of carbonyl (C=O) groups excluding carboxylic acids is 1. The fourth-order valence-electron chi connectivity index (χ4n) is 1.52. The van der Waals surface area contributed by atoms with Crippen molar-refractivity contribution in [3.63, 3.8) is 0 Å². The number of benzene rings is 1. The number of hydrogen-bond acceptors (Lipinski definition) is 6. The van der Waals surface area contributed by atoms with Crippen molar-refractivity contribution in [3.8, 4) is 6.07 Å². The minimum absolute atomic E-state index is 0.0782. The Morgan fingerprint density at radius 1 is 1.45 bits per heavy atom. The summed E-state index contributed by atoms with van der Waals surface area (Å²) in [5.74, 6) is 0.744. The molecule has 2 rings (SSSR count). The predicted molar refractivity (Wildman–Crippen MR) is 79.7 cm³/mol. The normalized spacial score (nSPS) is 9.95. The fraction of sp³-hybridized carbons (Fsp3) is 0.231. The number of nitrogens with zero attached hydrogens (tertiary/aromatic N) is 3. The summed E-state index contributed by atoms with van der Waals surface area (Å²) in [6, 6.07) is 9.03. The second-order valence-corrected chi connectivity index (χ2v) is 6.04. The van der Waals surface area contributed by atoms with Crippen LogP contribution in [0.15, 0.2) is 34.1 Å². The van der Waals surface area contributed by atoms with E-state index in [9.17, 15) is 4.79 Å². The van der Waals surface area contributed by atoms with E-state index in [1.165, 1.54) is 11.3 Å². The number of nitriles is 1. The molecule has 0 bridgehead atoms. The lowest BCUT2D eigenvalue weighted by atomic mass is 10.2. The lowest BCUT2D eigenvalue weighted by Gasteiger charge is -2.06. The van der Waals surface area contributed by atoms with Gasteiger partial charge in [0.05, 0.1) is 11.3 Å². The molecule has 1 aromatic carbocycles. The summed E-state index contributed by atoms with van der Waals surface area (Å²) in [5, 5.41) is 19.4. The zero-order valence-electron chi connectivity index (χ0n) is 10.6. The summed E-state index contributed by atoms with van der Waals surface area (Å²) < 4.78 is 0.917. The first-order valence-corrected chi connectivity index (χ1v) is 7.84. The first kappa shape index (κ1) is 14.5. The molecule has 0 fully saturated rings. The summed E-state index contributed by atoms with van der Waals surface area (Å²) in [5.41, 5.74) is 2.73. The Kier molecular flexibility index (Phi) is 5.53. The van der Waals surface area contributed by atoms with Crippen molar-refractivity contribution in [2.45, 2.75) is 17.2 Å². The third-order valence-corrected chi connectivity index (χ3v) is 4.38. The SMILES string of the molecule is N#Cc1ccccc1NC(=O)CCCSc1nncs1. The molecule has 7 heteroatoms. The van der Waals surface area contributed by atoms with E-state index in [1.807, 2.05) is 0 Å². The number of nitrogens with one attached hydrogen (secondary N) is 1. The molecule has 0 aliphatic carbocycles. The summed E-state index contributed by atoms with van der Waals surface area (Å²) in [6.07, 6.45) is 1.18. The van der Waals surface area contributed by atoms with Crippen LogP contribution in [-0.2, 0) is 4.79 Å². The highest BCUT2D eigenvalue weighted by molar-refractivity contribution is 8.00. The molecule has 1 heterocycles. The minimum atomic E-state index is -0.0782. The zero-order chi connectivity index (χ0) is 14.2. The Morgan fingerprint density at radius 2 is 2.30 bits per heavy atom. The standard InChI is InChI=1S/C13H12N4OS2/c14-8-10-4-1-2-5-11(10)16-12(18)6-3-7-19-13-17-15-9-20-13/h1-2,4-5,9H,3,6-7H2,(H,16,18). The van der Waals surface area contributed by atoms with Gasteiger partial charge < -0.3 is 5.32 Å². The van der Waals surface area contributed by atoms with Gasteiger partial charge in [-0.15, -0.1) is 10.2 Å². The summed E-state index contributed by atoms with van der Waals surface area (Å²) in [7, 11) is 0. The molecule has 0 saturated heterocycles. The number of thioether (sulfide) groups is 1. The van der Waals surface area contributed by atoms with Gasteiger partial charge in [0.1, 0.15) is 11.6 Å². The number of amides is 1. The Balaban J connectivity index is 1.74. The van der Waals surface area contributed by atoms with Crippen LogP contribution in [0.3, 0.4) is 0 Å². The topological polar surface area (TPSA) is 78.7 Å². The van der Waals surface area contributed by atoms with Crippen molar-refractivity contribution in [2.75, 3.05) is 11.1 Å². The van der Waals surface area contributed by atoms with Crippen LogP contribution in [-0.4, -0.2) is 21.9 Å². The Labute approximate surface area is 125 Å². The number of rotatable bonds is 6. The van der Waals surface area contributed by atoms with Crippen LogP contribution >= 0.6 is 23.1 Å². The van der Waals surface area contributed by atoms with Crippen LogP contribution in [0.5, 0.6) is 0 Å². The summed E-state index contributed by atoms with van der Waals surface area (Å²) in [4.78, 5) is 11.8. The lowest BCUT2D eigenvalue weighted by Crippen LogP contribution is -2.12. The molecule has 1 N–H and O–H groups in total. The molecule has 0 unspecified atom stereocenters. The molecule has 2 aromatic rings. The number of anilines is 1. The second kappa shape index (κ2) is 7.62. The zero-order valence-corrected chi connectivity index (χ0v) is 12.2. The van der Waals surface area contributed by atoms with Crippen molar-refractivity contribution in [3.05, 3.63) is 35.3 Å². The van der Waals surface area contributed by atoms with Gasteiger partial charge in [-0.3, -0.25) is 4.79 Å². The van der Waals surface area contributed by atoms with Crippen LogP contribution in [0.2, 0.25) is 0 Å². The first-order valence-electron chi connectivity index (χ1n) is 5.97. The molecule has 0 aliphatic heterocycles. The predicted octanol–water partition coefficient (Wildman–Crippen LogP) is 2.92. The van der Waals surface area contributed by atoms with Crippen LogP contribution in [0.1, 0.15) is 18.4 Å². The third kappa shape index (κ3) is 4.33. The van der Waals surface area contributed by atoms with E-state index in [-0.39, 0.29) is 5.91 Å². The van der Waals surface area contributed by atoms with E-state index in [0.29, 0.717) is 17.7 Å². The maximum absolute atomic E-state index is 11.8. The van der Waals surface area contributed by atoms with Gasteiger partial charge in [-0.25, -0.2) is 0 Å². The van der Waals surface area contributed by atoms with Crippen LogP contribution in [0.4, 0.5) is 5.69 Å². The number of hydrogen-bond donors (Lipinski definition) is 1. The maximum Gasteiger partial charge on any atom is 0.224 e. The van der Waals surface area contributed by atoms with E-state index in [2.05, 4.69) is 21.6 Å². The van der Waals surface area contributed by atoms with Gasteiger partial charge in [0.2, 0.25) is 5.91 Å². The van der Waals surface area contributed by atoms with Crippen molar-refractivity contribution >= 4 is 34.7 Å². The first-order chi connectivity index (χ1) is 9.79. The van der Waals surface area contributed by atoms with Gasteiger partial charge >= 0.3 is 0 Å². The van der Waals surface area contributed by atoms with Gasteiger partial charge in [0.15, 0.2) is 4.34 Å². The highest BCUT2D eigenvalue weighted by atomic mass is 32.2. The molecule has 5 nitrogen and oxygen atoms in total. The van der Waals surface area contributed by atoms with Crippen LogP contribution in [0.25, 0.3) is 0 Å². The highest BCUT2D eigenvalue weighted by Gasteiger charge is 2.06. The molecule has 0 atom stereocenters. The average Bonchev–Trinajstić information content (AvgIpc) is 2.97. The summed E-state index contributed by atoms with van der Waals surface area (Å²) in [6.45, 7) is 0. The van der Waals surface area contributed by atoms with Crippen molar-refractivity contribution in [2.24, 2.45) is 0 Å². The molecule has 20 heavy (non-hydrogen) atoms. The molecule has 1 aromatic heterocycles. The maximum atomic E-state index is 11.8. The highest BCUT2D eigenvalue weighted by Crippen LogP contribution is 2.20. The quantitative estimate of drug-likeness (QED) is 0.655. The van der Waals surface area contributed by atoms with Crippen LogP contribution in [0, 0.1) is 11.3 Å². The Bertz CT molecular complexity index is 607. The monoisotopic (exact) mass is 304 g/mol. The lowest BCUT2D eigenvalue weighted by molar-refractivity contribution is -0.116. The molecule has 0 aliphatic rings. The van der Waals surface area contributed by atoms with Crippen molar-refractivity contribution in [1.29, 1.82) is 5.26 Å². The Morgan fingerprint density at radius 3 is 3.05 bits per heavy atom. The smallest absolute Gasteiger partial charge is 0.224 e. The molecule has 0 radical (unpaired) electrons. The van der Waals surface area contributed by atoms with Gasteiger partial charge in [-0.1, -0.05) is 35.2 Å². The summed E-state index contributed by atoms with van der Waals surface area (Å²) >= 11 is 3.09. The third-order valence-electron chi connectivity index (χ3n) is 2.44. The molecule has 102 valence electrons. The largest absolute Gasteiger partial charge is 0.325 e. The number of para-hydroxylation sites is 1. The van der Waals surface area contributed by atoms with E-state index in [4.69, 9.17) is 5.26 Å². The fourth-order valence-corrected chi connectivity index (χ4v) is 3.02. The molecule has 0 saturated carbocycles. The van der Waals surface area contributed by atoms with E-state index >= 15 is 0 Å². The van der Waals surface area contributed by atoms with Crippen molar-refractivity contribution < 1.29 is 4.79 Å². The van der Waals surface area contributed by atoms with E-state index < -0.39 is 0 Å². The van der Waals surface area contributed by atoms with Gasteiger partial charge in [-0.2, -0.15) is 5.26 Å². The number of carbonyl (C=O) groups is 1. The average molecular weight is 304 g/mol. The van der Waals surface area contributed by atoms with E-state index in [1.54, 1.807) is 41.5 Å².